The van der Waals surface area contributed by atoms with Crippen LogP contribution in [0.3, 0.4) is 0 Å². The number of hydrogen-bond donors (Lipinski definition) is 3. The Kier molecular flexibility index (Phi) is 5.16. The molecule has 0 amide bonds. The van der Waals surface area contributed by atoms with E-state index >= 15 is 0 Å². The Hall–Kier alpha value is -2.01. The van der Waals surface area contributed by atoms with Crippen LogP contribution in [0.25, 0.3) is 5.57 Å². The number of Topliss-reactive ketones (excluding diaryl/α,β-unsaturated/α-hetero) is 1. The minimum absolute atomic E-state index is 0.0809. The molecule has 1 unspecified atom stereocenters. The highest BCUT2D eigenvalue weighted by Gasteiger charge is 2.27. The third kappa shape index (κ3) is 2.93. The van der Waals surface area contributed by atoms with Gasteiger partial charge in [0.15, 0.2) is 5.78 Å². The highest BCUT2D eigenvalue weighted by Crippen LogP contribution is 2.42. The number of ketones is 1. The maximum absolute atomic E-state index is 12.2. The van der Waals surface area contributed by atoms with Crippen molar-refractivity contribution in [3.63, 3.8) is 0 Å². The number of rotatable bonds is 6. The molecule has 5 nitrogen and oxygen atoms in total. The molecule has 0 bridgehead atoms. The van der Waals surface area contributed by atoms with Crippen molar-refractivity contribution in [1.29, 1.82) is 0 Å². The molecule has 1 rings (SSSR count). The van der Waals surface area contributed by atoms with Gasteiger partial charge in [-0.05, 0) is 25.8 Å². The Morgan fingerprint density at radius 2 is 1.80 bits per heavy atom. The third-order valence-electron chi connectivity index (χ3n) is 3.07. The topological polar surface area (TPSA) is 87.0 Å². The fourth-order valence-corrected chi connectivity index (χ4v) is 1.94. The van der Waals surface area contributed by atoms with Crippen molar-refractivity contribution in [1.82, 2.24) is 0 Å². The van der Waals surface area contributed by atoms with Crippen LogP contribution >= 0.6 is 0 Å². The lowest BCUT2D eigenvalue weighted by atomic mass is 9.95. The van der Waals surface area contributed by atoms with Gasteiger partial charge in [0.2, 0.25) is 0 Å². The smallest absolute Gasteiger partial charge is 0.198 e. The SMILES string of the molecule is C=C(CC)c1c(O)cc(O)c(C(=O)C(C)OCC)c1O. The lowest BCUT2D eigenvalue weighted by molar-refractivity contribution is 0.0515. The summed E-state index contributed by atoms with van der Waals surface area (Å²) in [5, 5.41) is 29.8. The van der Waals surface area contributed by atoms with E-state index < -0.39 is 23.4 Å². The Morgan fingerprint density at radius 3 is 2.30 bits per heavy atom. The quantitative estimate of drug-likeness (QED) is 0.697. The van der Waals surface area contributed by atoms with Gasteiger partial charge in [-0.3, -0.25) is 4.79 Å². The highest BCUT2D eigenvalue weighted by atomic mass is 16.5. The molecule has 0 aromatic heterocycles. The molecule has 0 spiro atoms. The number of carbonyl (C=O) groups excluding carboxylic acids is 1. The number of phenols is 3. The monoisotopic (exact) mass is 280 g/mol. The van der Waals surface area contributed by atoms with Gasteiger partial charge >= 0.3 is 0 Å². The zero-order valence-electron chi connectivity index (χ0n) is 11.9. The normalized spacial score (nSPS) is 12.2. The summed E-state index contributed by atoms with van der Waals surface area (Å²) in [6.45, 7) is 9.14. The maximum atomic E-state index is 12.2. The van der Waals surface area contributed by atoms with Crippen LogP contribution in [0, 0.1) is 0 Å². The van der Waals surface area contributed by atoms with Crippen molar-refractivity contribution in [2.24, 2.45) is 0 Å². The van der Waals surface area contributed by atoms with Gasteiger partial charge in [0.25, 0.3) is 0 Å². The Morgan fingerprint density at radius 1 is 1.25 bits per heavy atom. The molecule has 5 heteroatoms. The van der Waals surface area contributed by atoms with Gasteiger partial charge in [0.1, 0.15) is 28.9 Å². The largest absolute Gasteiger partial charge is 0.507 e. The van der Waals surface area contributed by atoms with Gasteiger partial charge in [-0.15, -0.1) is 0 Å². The summed E-state index contributed by atoms with van der Waals surface area (Å²) in [5.41, 5.74) is 0.295. The standard InChI is InChI=1S/C15H20O5/c1-5-8(3)12-10(16)7-11(17)13(15(12)19)14(18)9(4)20-6-2/h7,9,16-17,19H,3,5-6H2,1-2,4H3. The first kappa shape index (κ1) is 16.0. The number of allylic oxidation sites excluding steroid dienone is 1. The zero-order valence-corrected chi connectivity index (χ0v) is 11.9. The van der Waals surface area contributed by atoms with Crippen LogP contribution in [-0.4, -0.2) is 33.8 Å². The first-order valence-electron chi connectivity index (χ1n) is 6.46. The Balaban J connectivity index is 3.41. The predicted octanol–water partition coefficient (Wildman–Crippen LogP) is 2.83. The lowest BCUT2D eigenvalue weighted by Crippen LogP contribution is -2.21. The zero-order chi connectivity index (χ0) is 15.4. The average Bonchev–Trinajstić information content (AvgIpc) is 2.37. The number of carbonyl (C=O) groups is 1. The molecule has 0 aliphatic heterocycles. The Labute approximate surface area is 118 Å². The molecule has 1 aromatic rings. The molecule has 1 aromatic carbocycles. The average molecular weight is 280 g/mol. The maximum Gasteiger partial charge on any atom is 0.198 e. The van der Waals surface area contributed by atoms with E-state index in [1.54, 1.807) is 13.8 Å². The van der Waals surface area contributed by atoms with E-state index in [2.05, 4.69) is 6.58 Å². The number of ether oxygens (including phenoxy) is 1. The van der Waals surface area contributed by atoms with Crippen LogP contribution in [0.2, 0.25) is 0 Å². The lowest BCUT2D eigenvalue weighted by Gasteiger charge is -2.16. The predicted molar refractivity (Wildman–Crippen MR) is 76.2 cm³/mol. The molecule has 3 N–H and O–H groups in total. The molecule has 0 fully saturated rings. The van der Waals surface area contributed by atoms with Crippen LogP contribution in [0.5, 0.6) is 17.2 Å². The van der Waals surface area contributed by atoms with Gasteiger partial charge in [-0.1, -0.05) is 13.5 Å². The van der Waals surface area contributed by atoms with Crippen molar-refractivity contribution in [3.8, 4) is 17.2 Å². The summed E-state index contributed by atoms with van der Waals surface area (Å²) in [5.74, 6) is -1.81. The third-order valence-corrected chi connectivity index (χ3v) is 3.07. The van der Waals surface area contributed by atoms with Crippen molar-refractivity contribution < 1.29 is 24.9 Å². The Bertz CT molecular complexity index is 534. The number of aromatic hydroxyl groups is 3. The molecule has 0 aliphatic carbocycles. The first-order chi connectivity index (χ1) is 9.34. The fraction of sp³-hybridized carbons (Fsp3) is 0.400. The van der Waals surface area contributed by atoms with Crippen molar-refractivity contribution in [3.05, 3.63) is 23.8 Å². The second kappa shape index (κ2) is 6.43. The van der Waals surface area contributed by atoms with E-state index in [0.29, 0.717) is 18.6 Å². The minimum atomic E-state index is -0.802. The van der Waals surface area contributed by atoms with Crippen LogP contribution < -0.4 is 0 Å². The van der Waals surface area contributed by atoms with Gasteiger partial charge in [0, 0.05) is 12.7 Å². The fourth-order valence-electron chi connectivity index (χ4n) is 1.94. The van der Waals surface area contributed by atoms with Gasteiger partial charge < -0.3 is 20.1 Å². The molecule has 20 heavy (non-hydrogen) atoms. The highest BCUT2D eigenvalue weighted by molar-refractivity contribution is 6.05. The van der Waals surface area contributed by atoms with Crippen LogP contribution in [0.15, 0.2) is 12.6 Å². The molecule has 0 saturated carbocycles. The molecule has 0 aliphatic rings. The summed E-state index contributed by atoms with van der Waals surface area (Å²) in [6.07, 6.45) is -0.315. The van der Waals surface area contributed by atoms with Gasteiger partial charge in [0.05, 0.1) is 5.56 Å². The van der Waals surface area contributed by atoms with Crippen molar-refractivity contribution in [2.45, 2.75) is 33.3 Å². The summed E-state index contributed by atoms with van der Waals surface area (Å²) < 4.78 is 5.17. The van der Waals surface area contributed by atoms with Gasteiger partial charge in [-0.25, -0.2) is 0 Å². The molecular weight excluding hydrogens is 260 g/mol. The second-order valence-electron chi connectivity index (χ2n) is 4.43. The van der Waals surface area contributed by atoms with Crippen molar-refractivity contribution in [2.75, 3.05) is 6.61 Å². The number of benzene rings is 1. The molecule has 0 saturated heterocycles. The van der Waals surface area contributed by atoms with E-state index in [1.165, 1.54) is 6.92 Å². The summed E-state index contributed by atoms with van der Waals surface area (Å²) in [6, 6.07) is 1.03. The minimum Gasteiger partial charge on any atom is -0.507 e. The van der Waals surface area contributed by atoms with Crippen LogP contribution in [0.4, 0.5) is 0 Å². The molecule has 1 atom stereocenters. The first-order valence-corrected chi connectivity index (χ1v) is 6.46. The molecule has 0 radical (unpaired) electrons. The number of phenolic OH excluding ortho intramolecular Hbond substituents is 3. The van der Waals surface area contributed by atoms with E-state index in [0.717, 1.165) is 6.07 Å². The molecule has 0 heterocycles. The van der Waals surface area contributed by atoms with Crippen LogP contribution in [-0.2, 0) is 4.74 Å². The van der Waals surface area contributed by atoms with Gasteiger partial charge in [-0.2, -0.15) is 0 Å². The van der Waals surface area contributed by atoms with Crippen LogP contribution in [0.1, 0.15) is 43.1 Å². The summed E-state index contributed by atoms with van der Waals surface area (Å²) >= 11 is 0. The molecular formula is C15H20O5. The second-order valence-corrected chi connectivity index (χ2v) is 4.43. The number of hydrogen-bond acceptors (Lipinski definition) is 5. The van der Waals surface area contributed by atoms with E-state index in [-0.39, 0.29) is 16.9 Å². The van der Waals surface area contributed by atoms with Crippen molar-refractivity contribution >= 4 is 11.4 Å². The summed E-state index contributed by atoms with van der Waals surface area (Å²) in [7, 11) is 0. The van der Waals surface area contributed by atoms with E-state index in [9.17, 15) is 20.1 Å². The summed E-state index contributed by atoms with van der Waals surface area (Å²) in [4.78, 5) is 12.2. The van der Waals surface area contributed by atoms with E-state index in [1.807, 2.05) is 0 Å². The van der Waals surface area contributed by atoms with E-state index in [4.69, 9.17) is 4.74 Å². The molecule has 110 valence electrons.